The van der Waals surface area contributed by atoms with Crippen molar-refractivity contribution in [3.63, 3.8) is 0 Å². The van der Waals surface area contributed by atoms with Gasteiger partial charge in [-0.15, -0.1) is 0 Å². The Morgan fingerprint density at radius 3 is 2.82 bits per heavy atom. The lowest BCUT2D eigenvalue weighted by molar-refractivity contribution is -0.122. The molecule has 1 aliphatic rings. The highest BCUT2D eigenvalue weighted by molar-refractivity contribution is 5.85. The van der Waals surface area contributed by atoms with Crippen LogP contribution in [0.3, 0.4) is 0 Å². The number of hydrazine groups is 1. The van der Waals surface area contributed by atoms with Crippen LogP contribution in [0.4, 0.5) is 5.69 Å². The minimum Gasteiger partial charge on any atom is -0.494 e. The van der Waals surface area contributed by atoms with Crippen molar-refractivity contribution in [1.29, 1.82) is 0 Å². The molecule has 2 rings (SSSR count). The fourth-order valence-electron chi connectivity index (χ4n) is 3.66. The summed E-state index contributed by atoms with van der Waals surface area (Å²) >= 11 is 0. The van der Waals surface area contributed by atoms with Gasteiger partial charge < -0.3 is 9.64 Å². The van der Waals surface area contributed by atoms with Gasteiger partial charge in [0.25, 0.3) is 5.91 Å². The van der Waals surface area contributed by atoms with E-state index in [4.69, 9.17) is 10.6 Å². The molecule has 0 saturated carbocycles. The molecular weight excluding hydrogens is 278 g/mol. The highest BCUT2D eigenvalue weighted by Crippen LogP contribution is 2.45. The normalized spacial score (nSPS) is 21.0. The molecule has 0 fully saturated rings. The standard InChI is InChI=1S/C17H27N3O2/c1-6-22-13-7-8-15-14(9-13)11(2)10-17(4,5)20(15)12(3)16(21)19-18/h7-9,11-12H,6,10,18H2,1-5H3,(H,19,21). The molecule has 0 aromatic heterocycles. The zero-order chi connectivity index (χ0) is 16.5. The Morgan fingerprint density at radius 1 is 1.55 bits per heavy atom. The van der Waals surface area contributed by atoms with Crippen molar-refractivity contribution >= 4 is 11.6 Å². The second-order valence-corrected chi connectivity index (χ2v) is 6.63. The smallest absolute Gasteiger partial charge is 0.256 e. The van der Waals surface area contributed by atoms with Gasteiger partial charge in [-0.1, -0.05) is 6.92 Å². The Bertz CT molecular complexity index is 557. The average molecular weight is 305 g/mol. The first-order valence-corrected chi connectivity index (χ1v) is 7.88. The fraction of sp³-hybridized carbons (Fsp3) is 0.588. The molecule has 1 heterocycles. The number of nitrogens with zero attached hydrogens (tertiary/aromatic N) is 1. The highest BCUT2D eigenvalue weighted by Gasteiger charge is 2.40. The maximum atomic E-state index is 12.1. The first-order chi connectivity index (χ1) is 10.3. The zero-order valence-corrected chi connectivity index (χ0v) is 14.1. The summed E-state index contributed by atoms with van der Waals surface area (Å²) in [7, 11) is 0. The Kier molecular flexibility index (Phi) is 4.66. The lowest BCUT2D eigenvalue weighted by atomic mass is 9.79. The van der Waals surface area contributed by atoms with Crippen molar-refractivity contribution in [1.82, 2.24) is 5.43 Å². The molecule has 2 unspecified atom stereocenters. The molecule has 1 aromatic rings. The molecule has 1 aliphatic heterocycles. The first kappa shape index (κ1) is 16.6. The quantitative estimate of drug-likeness (QED) is 0.510. The summed E-state index contributed by atoms with van der Waals surface area (Å²) in [5, 5.41) is 0. The van der Waals surface area contributed by atoms with Crippen molar-refractivity contribution in [3.8, 4) is 5.75 Å². The summed E-state index contributed by atoms with van der Waals surface area (Å²) < 4.78 is 5.62. The summed E-state index contributed by atoms with van der Waals surface area (Å²) in [5.41, 5.74) is 4.46. The highest BCUT2D eigenvalue weighted by atomic mass is 16.5. The summed E-state index contributed by atoms with van der Waals surface area (Å²) in [6.45, 7) is 11.1. The van der Waals surface area contributed by atoms with Crippen molar-refractivity contribution in [2.24, 2.45) is 5.84 Å². The Balaban J connectivity index is 2.50. The van der Waals surface area contributed by atoms with E-state index in [0.717, 1.165) is 17.9 Å². The molecule has 0 bridgehead atoms. The number of benzene rings is 1. The van der Waals surface area contributed by atoms with Gasteiger partial charge in [-0.2, -0.15) is 0 Å². The zero-order valence-electron chi connectivity index (χ0n) is 14.1. The van der Waals surface area contributed by atoms with Crippen LogP contribution in [-0.2, 0) is 4.79 Å². The average Bonchev–Trinajstić information content (AvgIpc) is 2.46. The molecule has 5 nitrogen and oxygen atoms in total. The van der Waals surface area contributed by atoms with Gasteiger partial charge >= 0.3 is 0 Å². The van der Waals surface area contributed by atoms with Crippen molar-refractivity contribution < 1.29 is 9.53 Å². The topological polar surface area (TPSA) is 67.6 Å². The van der Waals surface area contributed by atoms with Crippen LogP contribution >= 0.6 is 0 Å². The summed E-state index contributed by atoms with van der Waals surface area (Å²) in [4.78, 5) is 14.2. The van der Waals surface area contributed by atoms with E-state index in [1.807, 2.05) is 19.9 Å². The largest absolute Gasteiger partial charge is 0.494 e. The van der Waals surface area contributed by atoms with Gasteiger partial charge in [0.2, 0.25) is 0 Å². The molecule has 5 heteroatoms. The monoisotopic (exact) mass is 305 g/mol. The minimum absolute atomic E-state index is 0.120. The molecule has 2 atom stereocenters. The number of hydrogen-bond acceptors (Lipinski definition) is 4. The van der Waals surface area contributed by atoms with Crippen molar-refractivity contribution in [2.75, 3.05) is 11.5 Å². The Morgan fingerprint density at radius 2 is 2.23 bits per heavy atom. The SMILES string of the molecule is CCOc1ccc2c(c1)C(C)CC(C)(C)N2C(C)C(=O)NN. The van der Waals surface area contributed by atoms with Crippen LogP contribution in [0.25, 0.3) is 0 Å². The number of amides is 1. The lowest BCUT2D eigenvalue weighted by Crippen LogP contribution is -2.58. The number of ether oxygens (including phenoxy) is 1. The molecule has 1 aromatic carbocycles. The van der Waals surface area contributed by atoms with E-state index >= 15 is 0 Å². The van der Waals surface area contributed by atoms with E-state index in [2.05, 4.69) is 43.2 Å². The first-order valence-electron chi connectivity index (χ1n) is 7.88. The third kappa shape index (κ3) is 2.90. The number of nitrogens with one attached hydrogen (secondary N) is 1. The van der Waals surface area contributed by atoms with E-state index in [9.17, 15) is 4.79 Å². The molecule has 0 aliphatic carbocycles. The van der Waals surface area contributed by atoms with Gasteiger partial charge in [-0.05, 0) is 63.8 Å². The lowest BCUT2D eigenvalue weighted by Gasteiger charge is -2.49. The van der Waals surface area contributed by atoms with E-state index in [1.165, 1.54) is 5.56 Å². The predicted molar refractivity (Wildman–Crippen MR) is 89.0 cm³/mol. The van der Waals surface area contributed by atoms with Crippen LogP contribution in [0.15, 0.2) is 18.2 Å². The molecule has 122 valence electrons. The van der Waals surface area contributed by atoms with Crippen LogP contribution in [0.1, 0.15) is 52.5 Å². The summed E-state index contributed by atoms with van der Waals surface area (Å²) in [6.07, 6.45) is 0.970. The number of hydrogen-bond donors (Lipinski definition) is 2. The predicted octanol–water partition coefficient (Wildman–Crippen LogP) is 2.56. The van der Waals surface area contributed by atoms with Crippen LogP contribution in [-0.4, -0.2) is 24.1 Å². The Labute approximate surface area is 132 Å². The third-order valence-electron chi connectivity index (χ3n) is 4.47. The number of fused-ring (bicyclic) bond motifs is 1. The van der Waals surface area contributed by atoms with Gasteiger partial charge in [-0.25, -0.2) is 5.84 Å². The fourth-order valence-corrected chi connectivity index (χ4v) is 3.66. The van der Waals surface area contributed by atoms with E-state index in [1.54, 1.807) is 0 Å². The van der Waals surface area contributed by atoms with Crippen LogP contribution in [0.2, 0.25) is 0 Å². The maximum absolute atomic E-state index is 12.1. The maximum Gasteiger partial charge on any atom is 0.256 e. The third-order valence-corrected chi connectivity index (χ3v) is 4.47. The molecule has 0 saturated heterocycles. The van der Waals surface area contributed by atoms with Gasteiger partial charge in [0.15, 0.2) is 0 Å². The van der Waals surface area contributed by atoms with E-state index in [-0.39, 0.29) is 17.5 Å². The van der Waals surface area contributed by atoms with Crippen LogP contribution in [0.5, 0.6) is 5.75 Å². The Hall–Kier alpha value is -1.75. The summed E-state index contributed by atoms with van der Waals surface area (Å²) in [6, 6.07) is 5.79. The molecular formula is C17H27N3O2. The molecule has 1 amide bonds. The van der Waals surface area contributed by atoms with Crippen molar-refractivity contribution in [3.05, 3.63) is 23.8 Å². The van der Waals surface area contributed by atoms with E-state index in [0.29, 0.717) is 12.5 Å². The minimum atomic E-state index is -0.329. The van der Waals surface area contributed by atoms with Crippen LogP contribution < -0.4 is 20.9 Å². The second-order valence-electron chi connectivity index (χ2n) is 6.63. The second kappa shape index (κ2) is 6.16. The number of carbonyl (C=O) groups excluding carboxylic acids is 1. The molecule has 3 N–H and O–H groups in total. The number of anilines is 1. The van der Waals surface area contributed by atoms with Gasteiger partial charge in [0.1, 0.15) is 11.8 Å². The number of rotatable bonds is 4. The van der Waals surface area contributed by atoms with Gasteiger partial charge in [0, 0.05) is 11.2 Å². The van der Waals surface area contributed by atoms with Gasteiger partial charge in [-0.3, -0.25) is 10.2 Å². The van der Waals surface area contributed by atoms with Crippen LogP contribution in [0, 0.1) is 0 Å². The van der Waals surface area contributed by atoms with Gasteiger partial charge in [0.05, 0.1) is 6.61 Å². The van der Waals surface area contributed by atoms with Crippen molar-refractivity contribution in [2.45, 2.75) is 58.5 Å². The number of nitrogens with two attached hydrogens (primary N) is 1. The molecule has 0 spiro atoms. The summed E-state index contributed by atoms with van der Waals surface area (Å²) in [5.74, 6) is 6.44. The molecule has 0 radical (unpaired) electrons. The van der Waals surface area contributed by atoms with E-state index < -0.39 is 0 Å². The molecule has 22 heavy (non-hydrogen) atoms. The number of carbonyl (C=O) groups is 1.